The van der Waals surface area contributed by atoms with E-state index in [0.717, 1.165) is 16.7 Å². The standard InChI is InChI=1S/C30H26N2O4S/c1-17-10-11-18(2)23(16-17)32-25(20-12-14-22(36-4)15-13-20)24(27(34)30(32)35)26(33)28-19(3)31-29(37-28)21-8-6-5-7-9-21/h5-16,25,34H,1-4H3. The van der Waals surface area contributed by atoms with Crippen molar-refractivity contribution in [2.45, 2.75) is 26.8 Å². The first-order chi connectivity index (χ1) is 17.8. The lowest BCUT2D eigenvalue weighted by atomic mass is 9.94. The zero-order valence-electron chi connectivity index (χ0n) is 21.0. The summed E-state index contributed by atoms with van der Waals surface area (Å²) >= 11 is 1.26. The highest BCUT2D eigenvalue weighted by Crippen LogP contribution is 2.44. The third-order valence-electron chi connectivity index (χ3n) is 6.53. The number of hydrogen-bond donors (Lipinski definition) is 1. The van der Waals surface area contributed by atoms with E-state index in [0.29, 0.717) is 32.6 Å². The van der Waals surface area contributed by atoms with Crippen LogP contribution in [0.1, 0.15) is 38.1 Å². The molecule has 37 heavy (non-hydrogen) atoms. The second-order valence-electron chi connectivity index (χ2n) is 9.03. The van der Waals surface area contributed by atoms with E-state index in [1.54, 1.807) is 26.2 Å². The molecule has 1 unspecified atom stereocenters. The van der Waals surface area contributed by atoms with E-state index >= 15 is 0 Å². The molecule has 6 nitrogen and oxygen atoms in total. The number of Topliss-reactive ketones (excluding diaryl/α,β-unsaturated/α-hetero) is 1. The molecule has 5 rings (SSSR count). The minimum Gasteiger partial charge on any atom is -0.503 e. The van der Waals surface area contributed by atoms with Crippen molar-refractivity contribution in [1.29, 1.82) is 0 Å². The Morgan fingerprint density at radius 2 is 1.70 bits per heavy atom. The summed E-state index contributed by atoms with van der Waals surface area (Å²) in [5.41, 5.74) is 4.66. The van der Waals surface area contributed by atoms with E-state index in [4.69, 9.17) is 4.74 Å². The molecule has 186 valence electrons. The lowest BCUT2D eigenvalue weighted by Crippen LogP contribution is -2.31. The van der Waals surface area contributed by atoms with Gasteiger partial charge in [0.2, 0.25) is 5.78 Å². The molecule has 0 fully saturated rings. The van der Waals surface area contributed by atoms with Gasteiger partial charge in [0.05, 0.1) is 29.3 Å². The van der Waals surface area contributed by atoms with E-state index in [2.05, 4.69) is 4.98 Å². The van der Waals surface area contributed by atoms with Crippen LogP contribution >= 0.6 is 11.3 Å². The molecular weight excluding hydrogens is 484 g/mol. The van der Waals surface area contributed by atoms with Gasteiger partial charge in [-0.25, -0.2) is 4.98 Å². The Hall–Kier alpha value is -4.23. The fourth-order valence-electron chi connectivity index (χ4n) is 4.60. The Kier molecular flexibility index (Phi) is 6.39. The summed E-state index contributed by atoms with van der Waals surface area (Å²) in [6.07, 6.45) is 0. The van der Waals surface area contributed by atoms with E-state index in [9.17, 15) is 14.7 Å². The van der Waals surface area contributed by atoms with Crippen LogP contribution in [0.5, 0.6) is 5.75 Å². The number of aromatic nitrogens is 1. The highest BCUT2D eigenvalue weighted by molar-refractivity contribution is 7.17. The van der Waals surface area contributed by atoms with Crippen LogP contribution in [0, 0.1) is 20.8 Å². The predicted octanol–water partition coefficient (Wildman–Crippen LogP) is 6.53. The van der Waals surface area contributed by atoms with Gasteiger partial charge in [-0.1, -0.05) is 54.6 Å². The summed E-state index contributed by atoms with van der Waals surface area (Å²) < 4.78 is 5.31. The van der Waals surface area contributed by atoms with Gasteiger partial charge in [-0.05, 0) is 55.7 Å². The highest BCUT2D eigenvalue weighted by Gasteiger charge is 2.45. The molecule has 7 heteroatoms. The zero-order chi connectivity index (χ0) is 26.3. The highest BCUT2D eigenvalue weighted by atomic mass is 32.1. The average molecular weight is 511 g/mol. The molecule has 2 heterocycles. The number of aliphatic hydroxyl groups is 1. The van der Waals surface area contributed by atoms with Crippen molar-refractivity contribution in [2.75, 3.05) is 12.0 Å². The van der Waals surface area contributed by atoms with Crippen LogP contribution < -0.4 is 9.64 Å². The van der Waals surface area contributed by atoms with Crippen LogP contribution in [0.2, 0.25) is 0 Å². The summed E-state index contributed by atoms with van der Waals surface area (Å²) in [4.78, 5) is 34.1. The molecule has 1 aliphatic rings. The average Bonchev–Trinajstić information content (AvgIpc) is 3.43. The van der Waals surface area contributed by atoms with Gasteiger partial charge >= 0.3 is 0 Å². The van der Waals surface area contributed by atoms with Crippen molar-refractivity contribution in [3.8, 4) is 16.3 Å². The number of rotatable bonds is 6. The Bertz CT molecular complexity index is 1540. The van der Waals surface area contributed by atoms with Crippen LogP contribution in [-0.4, -0.2) is 28.9 Å². The summed E-state index contributed by atoms with van der Waals surface area (Å²) in [6.45, 7) is 5.62. The molecule has 0 saturated heterocycles. The van der Waals surface area contributed by atoms with Crippen molar-refractivity contribution < 1.29 is 19.4 Å². The van der Waals surface area contributed by atoms with Crippen LogP contribution in [-0.2, 0) is 4.79 Å². The molecule has 1 amide bonds. The molecule has 1 aromatic heterocycles. The molecule has 0 radical (unpaired) electrons. The monoisotopic (exact) mass is 510 g/mol. The lowest BCUT2D eigenvalue weighted by Gasteiger charge is -2.28. The number of benzene rings is 3. The van der Waals surface area contributed by atoms with Gasteiger partial charge in [-0.15, -0.1) is 11.3 Å². The van der Waals surface area contributed by atoms with Crippen LogP contribution in [0.3, 0.4) is 0 Å². The fraction of sp³-hybridized carbons (Fsp3) is 0.167. The first-order valence-corrected chi connectivity index (χ1v) is 12.7. The second-order valence-corrected chi connectivity index (χ2v) is 10.0. The number of anilines is 1. The van der Waals surface area contributed by atoms with Gasteiger partial charge in [-0.3, -0.25) is 14.5 Å². The van der Waals surface area contributed by atoms with Gasteiger partial charge in [-0.2, -0.15) is 0 Å². The van der Waals surface area contributed by atoms with Crippen LogP contribution in [0.25, 0.3) is 10.6 Å². The number of aliphatic hydroxyl groups excluding tert-OH is 1. The topological polar surface area (TPSA) is 79.7 Å². The second kappa shape index (κ2) is 9.67. The molecular formula is C30H26N2O4S. The SMILES string of the molecule is COc1ccc(C2C(C(=O)c3sc(-c4ccccc4)nc3C)=C(O)C(=O)N2c2cc(C)ccc2C)cc1. The van der Waals surface area contributed by atoms with Gasteiger partial charge in [0.15, 0.2) is 5.76 Å². The summed E-state index contributed by atoms with van der Waals surface area (Å²) in [6, 6.07) is 21.8. The van der Waals surface area contributed by atoms with Crippen molar-refractivity contribution >= 4 is 28.7 Å². The molecule has 0 saturated carbocycles. The minimum absolute atomic E-state index is 0.0439. The maximum atomic E-state index is 14.1. The van der Waals surface area contributed by atoms with Crippen molar-refractivity contribution in [2.24, 2.45) is 0 Å². The number of hydrogen-bond acceptors (Lipinski definition) is 6. The van der Waals surface area contributed by atoms with Crippen molar-refractivity contribution in [3.05, 3.63) is 111 Å². The quantitative estimate of drug-likeness (QED) is 0.299. The van der Waals surface area contributed by atoms with Gasteiger partial charge in [0.1, 0.15) is 10.8 Å². The number of methoxy groups -OCH3 is 1. The molecule has 1 N–H and O–H groups in total. The van der Waals surface area contributed by atoms with E-state index < -0.39 is 23.5 Å². The first-order valence-electron chi connectivity index (χ1n) is 11.9. The molecule has 0 spiro atoms. The number of aryl methyl sites for hydroxylation is 3. The van der Waals surface area contributed by atoms with Gasteiger partial charge in [0, 0.05) is 11.3 Å². The molecule has 1 atom stereocenters. The third kappa shape index (κ3) is 4.32. The number of thiazole rings is 1. The number of ketones is 1. The van der Waals surface area contributed by atoms with E-state index in [1.807, 2.05) is 74.5 Å². The van der Waals surface area contributed by atoms with Crippen LogP contribution in [0.4, 0.5) is 5.69 Å². The lowest BCUT2D eigenvalue weighted by molar-refractivity contribution is -0.117. The number of nitrogens with zero attached hydrogens (tertiary/aromatic N) is 2. The Balaban J connectivity index is 1.65. The largest absolute Gasteiger partial charge is 0.503 e. The van der Waals surface area contributed by atoms with E-state index in [-0.39, 0.29) is 5.57 Å². The van der Waals surface area contributed by atoms with Crippen molar-refractivity contribution in [1.82, 2.24) is 4.98 Å². The molecule has 1 aliphatic heterocycles. The molecule has 4 aromatic rings. The van der Waals surface area contributed by atoms with Gasteiger partial charge in [0.25, 0.3) is 5.91 Å². The fourth-order valence-corrected chi connectivity index (χ4v) is 5.63. The Labute approximate surface area is 219 Å². The molecule has 0 bridgehead atoms. The summed E-state index contributed by atoms with van der Waals surface area (Å²) in [5.74, 6) is -0.904. The minimum atomic E-state index is -0.812. The number of carbonyl (C=O) groups is 2. The van der Waals surface area contributed by atoms with Crippen LogP contribution in [0.15, 0.2) is 84.1 Å². The maximum Gasteiger partial charge on any atom is 0.294 e. The number of ether oxygens (including phenoxy) is 1. The number of amides is 1. The first kappa shape index (κ1) is 24.5. The summed E-state index contributed by atoms with van der Waals surface area (Å²) in [7, 11) is 1.58. The third-order valence-corrected chi connectivity index (χ3v) is 7.74. The molecule has 0 aliphatic carbocycles. The molecule has 3 aromatic carbocycles. The van der Waals surface area contributed by atoms with Crippen molar-refractivity contribution in [3.63, 3.8) is 0 Å². The Morgan fingerprint density at radius 3 is 2.38 bits per heavy atom. The maximum absolute atomic E-state index is 14.1. The summed E-state index contributed by atoms with van der Waals surface area (Å²) in [5, 5.41) is 11.9. The van der Waals surface area contributed by atoms with Gasteiger partial charge < -0.3 is 9.84 Å². The normalized spacial score (nSPS) is 15.4. The Morgan fingerprint density at radius 1 is 1.00 bits per heavy atom. The smallest absolute Gasteiger partial charge is 0.294 e. The van der Waals surface area contributed by atoms with E-state index in [1.165, 1.54) is 16.2 Å². The predicted molar refractivity (Wildman–Crippen MR) is 145 cm³/mol. The zero-order valence-corrected chi connectivity index (χ0v) is 21.8. The number of carbonyl (C=O) groups excluding carboxylic acids is 2.